The van der Waals surface area contributed by atoms with Gasteiger partial charge in [-0.2, -0.15) is 11.8 Å². The van der Waals surface area contributed by atoms with Crippen molar-refractivity contribution in [3.63, 3.8) is 0 Å². The minimum absolute atomic E-state index is 0.237. The minimum Gasteiger partial charge on any atom is -0.485 e. The molecular formula is C14H16O2S. The number of ether oxygens (including phenoxy) is 1. The van der Waals surface area contributed by atoms with Crippen LogP contribution < -0.4 is 4.74 Å². The average molecular weight is 248 g/mol. The topological polar surface area (TPSA) is 26.3 Å². The molecule has 2 nitrogen and oxygen atoms in total. The van der Waals surface area contributed by atoms with Gasteiger partial charge in [0.2, 0.25) is 0 Å². The summed E-state index contributed by atoms with van der Waals surface area (Å²) in [7, 11) is 0. The molecule has 17 heavy (non-hydrogen) atoms. The maximum Gasteiger partial charge on any atom is 0.170 e. The summed E-state index contributed by atoms with van der Waals surface area (Å²) in [6.45, 7) is 2.19. The van der Waals surface area contributed by atoms with Gasteiger partial charge in [0.05, 0.1) is 12.0 Å². The molecule has 0 aromatic heterocycles. The van der Waals surface area contributed by atoms with E-state index in [1.54, 1.807) is 0 Å². The number of carbonyl (C=O) groups is 1. The SMILES string of the molecule is CC1SCCCC12CC(=O)c1ccccc1O2. The van der Waals surface area contributed by atoms with Gasteiger partial charge in [0.1, 0.15) is 11.4 Å². The van der Waals surface area contributed by atoms with Gasteiger partial charge < -0.3 is 4.74 Å². The standard InChI is InChI=1S/C14H16O2S/c1-10-14(7-4-8-17-10)9-12(15)11-5-2-3-6-13(11)16-14/h2-3,5-6,10H,4,7-9H2,1H3. The Balaban J connectivity index is 2.00. The fourth-order valence-electron chi connectivity index (χ4n) is 2.76. The molecule has 2 atom stereocenters. The number of thioether (sulfide) groups is 1. The molecule has 1 spiro atoms. The predicted molar refractivity (Wildman–Crippen MR) is 69.9 cm³/mol. The van der Waals surface area contributed by atoms with Gasteiger partial charge in [0.15, 0.2) is 5.78 Å². The van der Waals surface area contributed by atoms with Crippen molar-refractivity contribution in [1.29, 1.82) is 0 Å². The van der Waals surface area contributed by atoms with Crippen LogP contribution >= 0.6 is 11.8 Å². The molecule has 1 fully saturated rings. The van der Waals surface area contributed by atoms with Crippen molar-refractivity contribution >= 4 is 17.5 Å². The minimum atomic E-state index is -0.256. The van der Waals surface area contributed by atoms with Crippen molar-refractivity contribution in [2.45, 2.75) is 37.0 Å². The van der Waals surface area contributed by atoms with Crippen molar-refractivity contribution in [3.05, 3.63) is 29.8 Å². The van der Waals surface area contributed by atoms with E-state index in [4.69, 9.17) is 4.74 Å². The van der Waals surface area contributed by atoms with E-state index in [9.17, 15) is 4.79 Å². The predicted octanol–water partition coefficient (Wildman–Crippen LogP) is 3.31. The summed E-state index contributed by atoms with van der Waals surface area (Å²) >= 11 is 1.92. The Morgan fingerprint density at radius 2 is 2.24 bits per heavy atom. The summed E-state index contributed by atoms with van der Waals surface area (Å²) in [6, 6.07) is 7.62. The lowest BCUT2D eigenvalue weighted by molar-refractivity contribution is 0.0329. The van der Waals surface area contributed by atoms with Crippen LogP contribution in [0.15, 0.2) is 24.3 Å². The Morgan fingerprint density at radius 3 is 3.06 bits per heavy atom. The van der Waals surface area contributed by atoms with Crippen molar-refractivity contribution < 1.29 is 9.53 Å². The molecule has 2 heterocycles. The highest BCUT2D eigenvalue weighted by Gasteiger charge is 2.46. The summed E-state index contributed by atoms with van der Waals surface area (Å²) in [6.07, 6.45) is 2.68. The summed E-state index contributed by atoms with van der Waals surface area (Å²) in [4.78, 5) is 12.2. The molecule has 2 aliphatic rings. The van der Waals surface area contributed by atoms with Gasteiger partial charge in [-0.25, -0.2) is 0 Å². The molecule has 1 saturated heterocycles. The quantitative estimate of drug-likeness (QED) is 0.704. The second-order valence-corrected chi connectivity index (χ2v) is 6.33. The van der Waals surface area contributed by atoms with Crippen LogP contribution in [-0.2, 0) is 0 Å². The van der Waals surface area contributed by atoms with E-state index < -0.39 is 0 Å². The second kappa shape index (κ2) is 4.05. The highest BCUT2D eigenvalue weighted by Crippen LogP contribution is 2.44. The molecule has 0 amide bonds. The molecule has 1 aromatic carbocycles. The third kappa shape index (κ3) is 1.77. The van der Waals surface area contributed by atoms with Crippen LogP contribution in [0.2, 0.25) is 0 Å². The van der Waals surface area contributed by atoms with Crippen molar-refractivity contribution in [2.24, 2.45) is 0 Å². The molecule has 0 radical (unpaired) electrons. The van der Waals surface area contributed by atoms with Crippen LogP contribution in [-0.4, -0.2) is 22.4 Å². The Labute approximate surface area is 106 Å². The maximum absolute atomic E-state index is 12.2. The van der Waals surface area contributed by atoms with Gasteiger partial charge >= 0.3 is 0 Å². The monoisotopic (exact) mass is 248 g/mol. The van der Waals surface area contributed by atoms with Gasteiger partial charge in [-0.1, -0.05) is 12.1 Å². The lowest BCUT2D eigenvalue weighted by Crippen LogP contribution is -2.51. The van der Waals surface area contributed by atoms with E-state index in [1.165, 1.54) is 5.75 Å². The summed E-state index contributed by atoms with van der Waals surface area (Å²) in [5, 5.41) is 0.397. The van der Waals surface area contributed by atoms with E-state index in [-0.39, 0.29) is 11.4 Å². The summed E-state index contributed by atoms with van der Waals surface area (Å²) in [5.74, 6) is 2.20. The molecular weight excluding hydrogens is 232 g/mol. The molecule has 2 unspecified atom stereocenters. The normalized spacial score (nSPS) is 32.1. The third-order valence-electron chi connectivity index (χ3n) is 3.81. The Kier molecular flexibility index (Phi) is 2.66. The van der Waals surface area contributed by atoms with Crippen molar-refractivity contribution in [1.82, 2.24) is 0 Å². The number of ketones is 1. The largest absolute Gasteiger partial charge is 0.485 e. The van der Waals surface area contributed by atoms with Crippen molar-refractivity contribution in [2.75, 3.05) is 5.75 Å². The van der Waals surface area contributed by atoms with Crippen LogP contribution in [0.1, 0.15) is 36.5 Å². The Morgan fingerprint density at radius 1 is 1.41 bits per heavy atom. The van der Waals surface area contributed by atoms with Gasteiger partial charge in [-0.05, 0) is 37.7 Å². The zero-order chi connectivity index (χ0) is 11.9. The number of rotatable bonds is 0. The van der Waals surface area contributed by atoms with Crippen LogP contribution in [0, 0.1) is 0 Å². The zero-order valence-electron chi connectivity index (χ0n) is 9.94. The highest BCUT2D eigenvalue weighted by atomic mass is 32.2. The number of hydrogen-bond acceptors (Lipinski definition) is 3. The van der Waals surface area contributed by atoms with Gasteiger partial charge in [0.25, 0.3) is 0 Å². The molecule has 90 valence electrons. The smallest absolute Gasteiger partial charge is 0.170 e. The molecule has 0 bridgehead atoms. The molecule has 0 aliphatic carbocycles. The zero-order valence-corrected chi connectivity index (χ0v) is 10.8. The lowest BCUT2D eigenvalue weighted by Gasteiger charge is -2.44. The molecule has 2 aliphatic heterocycles. The first kappa shape index (κ1) is 11.1. The van der Waals surface area contributed by atoms with E-state index in [1.807, 2.05) is 36.0 Å². The van der Waals surface area contributed by atoms with Crippen LogP contribution in [0.4, 0.5) is 0 Å². The van der Waals surface area contributed by atoms with E-state index in [0.29, 0.717) is 11.7 Å². The number of carbonyl (C=O) groups excluding carboxylic acids is 1. The first-order valence-corrected chi connectivity index (χ1v) is 7.19. The van der Waals surface area contributed by atoms with Gasteiger partial charge in [-0.3, -0.25) is 4.79 Å². The maximum atomic E-state index is 12.2. The fraction of sp³-hybridized carbons (Fsp3) is 0.500. The number of fused-ring (bicyclic) bond motifs is 1. The second-order valence-electron chi connectivity index (χ2n) is 4.88. The molecule has 1 aromatic rings. The first-order valence-electron chi connectivity index (χ1n) is 6.14. The number of Topliss-reactive ketones (excluding diaryl/α,β-unsaturated/α-hetero) is 1. The van der Waals surface area contributed by atoms with E-state index in [0.717, 1.165) is 24.2 Å². The molecule has 0 saturated carbocycles. The van der Waals surface area contributed by atoms with E-state index in [2.05, 4.69) is 6.92 Å². The van der Waals surface area contributed by atoms with Crippen LogP contribution in [0.25, 0.3) is 0 Å². The third-order valence-corrected chi connectivity index (χ3v) is 5.27. The fourth-order valence-corrected chi connectivity index (χ4v) is 3.98. The number of para-hydroxylation sites is 1. The first-order chi connectivity index (χ1) is 8.21. The summed E-state index contributed by atoms with van der Waals surface area (Å²) < 4.78 is 6.20. The van der Waals surface area contributed by atoms with Crippen LogP contribution in [0.5, 0.6) is 5.75 Å². The summed E-state index contributed by atoms with van der Waals surface area (Å²) in [5.41, 5.74) is 0.495. The Hall–Kier alpha value is -0.960. The number of benzene rings is 1. The molecule has 0 N–H and O–H groups in total. The Bertz CT molecular complexity index is 457. The van der Waals surface area contributed by atoms with E-state index >= 15 is 0 Å². The molecule has 3 rings (SSSR count). The lowest BCUT2D eigenvalue weighted by atomic mass is 9.84. The number of hydrogen-bond donors (Lipinski definition) is 0. The average Bonchev–Trinajstić information content (AvgIpc) is 2.33. The van der Waals surface area contributed by atoms with Crippen LogP contribution in [0.3, 0.4) is 0 Å². The van der Waals surface area contributed by atoms with Crippen molar-refractivity contribution in [3.8, 4) is 5.75 Å². The van der Waals surface area contributed by atoms with Gasteiger partial charge in [-0.15, -0.1) is 0 Å². The molecule has 3 heteroatoms. The highest BCUT2D eigenvalue weighted by molar-refractivity contribution is 8.00. The van der Waals surface area contributed by atoms with Gasteiger partial charge in [0, 0.05) is 5.25 Å².